The predicted octanol–water partition coefficient (Wildman–Crippen LogP) is 0.961. The lowest BCUT2D eigenvalue weighted by molar-refractivity contribution is 0.353. The van der Waals surface area contributed by atoms with Gasteiger partial charge in [-0.2, -0.15) is 0 Å². The Morgan fingerprint density at radius 3 is 2.88 bits per heavy atom. The topological polar surface area (TPSA) is 79.1 Å². The van der Waals surface area contributed by atoms with Crippen LogP contribution in [-0.4, -0.2) is 65.8 Å². The summed E-state index contributed by atoms with van der Waals surface area (Å²) in [5.74, 6) is 0.902. The summed E-state index contributed by atoms with van der Waals surface area (Å²) >= 11 is 0. The minimum atomic E-state index is -3.05. The maximum atomic E-state index is 12.1. The first-order chi connectivity index (χ1) is 11.8. The highest BCUT2D eigenvalue weighted by atomic mass is 32.2. The van der Waals surface area contributed by atoms with Gasteiger partial charge in [0.05, 0.1) is 16.2 Å². The van der Waals surface area contributed by atoms with E-state index in [1.54, 1.807) is 20.9 Å². The van der Waals surface area contributed by atoms with E-state index in [-0.39, 0.29) is 5.75 Å². The third kappa shape index (κ3) is 3.63. The fraction of sp³-hybridized carbons (Fsp3) is 0.529. The minimum Gasteiger partial charge on any atom is -0.356 e. The average molecular weight is 363 g/mol. The van der Waals surface area contributed by atoms with Crippen LogP contribution in [0.3, 0.4) is 0 Å². The molecule has 3 heterocycles. The Balaban J connectivity index is 1.60. The van der Waals surface area contributed by atoms with Gasteiger partial charge in [-0.25, -0.2) is 13.4 Å². The number of hydrogen-bond donors (Lipinski definition) is 1. The Hall–Kier alpha value is -2.09. The zero-order valence-corrected chi connectivity index (χ0v) is 15.8. The molecule has 25 heavy (non-hydrogen) atoms. The number of nitrogens with one attached hydrogen (secondary N) is 1. The molecule has 136 valence electrons. The Morgan fingerprint density at radius 2 is 2.20 bits per heavy atom. The maximum Gasteiger partial charge on any atom is 0.193 e. The van der Waals surface area contributed by atoms with E-state index in [1.807, 2.05) is 39.9 Å². The van der Waals surface area contributed by atoms with Gasteiger partial charge in [-0.3, -0.25) is 4.99 Å². The van der Waals surface area contributed by atoms with Crippen molar-refractivity contribution in [3.05, 3.63) is 36.3 Å². The lowest BCUT2D eigenvalue weighted by atomic mass is 10.2. The summed E-state index contributed by atoms with van der Waals surface area (Å²) < 4.78 is 25.5. The quantitative estimate of drug-likeness (QED) is 0.649. The molecular weight excluding hydrogens is 338 g/mol. The zero-order valence-electron chi connectivity index (χ0n) is 14.9. The van der Waals surface area contributed by atoms with Crippen molar-refractivity contribution < 1.29 is 8.42 Å². The van der Waals surface area contributed by atoms with Crippen LogP contribution in [0.5, 0.6) is 0 Å². The van der Waals surface area contributed by atoms with Gasteiger partial charge in [-0.05, 0) is 26.0 Å². The number of aliphatic imine (C=N–C) groups is 1. The van der Waals surface area contributed by atoms with Gasteiger partial charge in [0.2, 0.25) is 0 Å². The molecule has 1 aliphatic rings. The van der Waals surface area contributed by atoms with Gasteiger partial charge in [-0.15, -0.1) is 0 Å². The Morgan fingerprint density at radius 1 is 1.40 bits per heavy atom. The van der Waals surface area contributed by atoms with E-state index in [2.05, 4.69) is 15.3 Å². The standard InChI is InChI=1S/C17H25N5O2S/c1-17(2)13-22(10-11-25(17,23)24)16(18-3)19-8-7-14-12-21-9-5-4-6-15(21)20-14/h4-6,9,12H,7-8,10-11,13H2,1-3H3,(H,18,19). The van der Waals surface area contributed by atoms with Crippen molar-refractivity contribution in [1.82, 2.24) is 19.6 Å². The molecule has 0 saturated carbocycles. The highest BCUT2D eigenvalue weighted by molar-refractivity contribution is 7.92. The van der Waals surface area contributed by atoms with E-state index >= 15 is 0 Å². The van der Waals surface area contributed by atoms with E-state index in [9.17, 15) is 8.42 Å². The number of nitrogens with zero attached hydrogens (tertiary/aromatic N) is 4. The first kappa shape index (κ1) is 17.7. The molecule has 0 spiro atoms. The number of pyridine rings is 1. The molecule has 3 rings (SSSR count). The van der Waals surface area contributed by atoms with Crippen LogP contribution >= 0.6 is 0 Å². The van der Waals surface area contributed by atoms with E-state index in [1.165, 1.54) is 0 Å². The van der Waals surface area contributed by atoms with Gasteiger partial charge in [-0.1, -0.05) is 6.07 Å². The van der Waals surface area contributed by atoms with Crippen LogP contribution in [0.1, 0.15) is 19.5 Å². The molecule has 0 radical (unpaired) electrons. The molecule has 0 atom stereocenters. The third-order valence-electron chi connectivity index (χ3n) is 4.63. The molecule has 0 aliphatic carbocycles. The van der Waals surface area contributed by atoms with E-state index in [0.29, 0.717) is 19.6 Å². The van der Waals surface area contributed by atoms with Crippen LogP contribution in [0.4, 0.5) is 0 Å². The van der Waals surface area contributed by atoms with Crippen molar-refractivity contribution in [3.63, 3.8) is 0 Å². The minimum absolute atomic E-state index is 0.160. The number of rotatable bonds is 3. The Kier molecular flexibility index (Phi) is 4.73. The molecule has 0 aromatic carbocycles. The van der Waals surface area contributed by atoms with Crippen LogP contribution in [0.25, 0.3) is 5.65 Å². The second kappa shape index (κ2) is 6.67. The number of fused-ring (bicyclic) bond motifs is 1. The van der Waals surface area contributed by atoms with Crippen LogP contribution < -0.4 is 5.32 Å². The largest absolute Gasteiger partial charge is 0.356 e. The summed E-state index contributed by atoms with van der Waals surface area (Å²) in [7, 11) is -1.33. The van der Waals surface area contributed by atoms with Crippen molar-refractivity contribution in [2.45, 2.75) is 25.0 Å². The summed E-state index contributed by atoms with van der Waals surface area (Å²) in [6, 6.07) is 5.93. The Labute approximate surface area is 148 Å². The molecule has 2 aromatic heterocycles. The van der Waals surface area contributed by atoms with Crippen LogP contribution in [0.15, 0.2) is 35.6 Å². The summed E-state index contributed by atoms with van der Waals surface area (Å²) in [6.07, 6.45) is 4.78. The lowest BCUT2D eigenvalue weighted by Gasteiger charge is -2.39. The summed E-state index contributed by atoms with van der Waals surface area (Å²) in [5.41, 5.74) is 1.94. The van der Waals surface area contributed by atoms with Crippen molar-refractivity contribution in [2.75, 3.05) is 32.4 Å². The monoisotopic (exact) mass is 363 g/mol. The number of aromatic nitrogens is 2. The van der Waals surface area contributed by atoms with Crippen molar-refractivity contribution in [2.24, 2.45) is 4.99 Å². The number of sulfone groups is 1. The molecule has 0 unspecified atom stereocenters. The number of hydrogen-bond acceptors (Lipinski definition) is 4. The van der Waals surface area contributed by atoms with Crippen LogP contribution in [0, 0.1) is 0 Å². The summed E-state index contributed by atoms with van der Waals surface area (Å²) in [5, 5.41) is 3.33. The van der Waals surface area contributed by atoms with Gasteiger partial charge < -0.3 is 14.6 Å². The second-order valence-electron chi connectivity index (χ2n) is 6.92. The Bertz CT molecular complexity index is 852. The van der Waals surface area contributed by atoms with Gasteiger partial charge in [0.15, 0.2) is 15.8 Å². The maximum absolute atomic E-state index is 12.1. The molecule has 0 bridgehead atoms. The van der Waals surface area contributed by atoms with E-state index in [4.69, 9.17) is 0 Å². The molecule has 7 nitrogen and oxygen atoms in total. The molecule has 1 N–H and O–H groups in total. The van der Waals surface area contributed by atoms with Gasteiger partial charge in [0.25, 0.3) is 0 Å². The fourth-order valence-electron chi connectivity index (χ4n) is 3.07. The normalized spacial score (nSPS) is 20.0. The third-order valence-corrected chi connectivity index (χ3v) is 7.17. The second-order valence-corrected chi connectivity index (χ2v) is 9.67. The highest BCUT2D eigenvalue weighted by Crippen LogP contribution is 2.23. The zero-order chi connectivity index (χ0) is 18.1. The summed E-state index contributed by atoms with van der Waals surface area (Å²) in [4.78, 5) is 10.9. The molecular formula is C17H25N5O2S. The van der Waals surface area contributed by atoms with Crippen LogP contribution in [0.2, 0.25) is 0 Å². The predicted molar refractivity (Wildman–Crippen MR) is 99.7 cm³/mol. The molecule has 8 heteroatoms. The van der Waals surface area contributed by atoms with Crippen LogP contribution in [-0.2, 0) is 16.3 Å². The molecule has 2 aromatic rings. The van der Waals surface area contributed by atoms with Crippen molar-refractivity contribution >= 4 is 21.4 Å². The van der Waals surface area contributed by atoms with Crippen molar-refractivity contribution in [3.8, 4) is 0 Å². The first-order valence-electron chi connectivity index (χ1n) is 8.43. The highest BCUT2D eigenvalue weighted by Gasteiger charge is 2.40. The SMILES string of the molecule is CN=C(NCCc1cn2ccccc2n1)N1CCS(=O)(=O)C(C)(C)C1. The van der Waals surface area contributed by atoms with E-state index in [0.717, 1.165) is 23.7 Å². The first-order valence-corrected chi connectivity index (χ1v) is 10.1. The number of imidazole rings is 1. The fourth-order valence-corrected chi connectivity index (χ4v) is 4.43. The van der Waals surface area contributed by atoms with Gasteiger partial charge in [0.1, 0.15) is 5.65 Å². The molecule has 1 fully saturated rings. The van der Waals surface area contributed by atoms with E-state index < -0.39 is 14.6 Å². The summed E-state index contributed by atoms with van der Waals surface area (Å²) in [6.45, 7) is 5.17. The number of guanidine groups is 1. The van der Waals surface area contributed by atoms with Crippen molar-refractivity contribution in [1.29, 1.82) is 0 Å². The van der Waals surface area contributed by atoms with Gasteiger partial charge >= 0.3 is 0 Å². The molecule has 0 amide bonds. The average Bonchev–Trinajstić information content (AvgIpc) is 2.97. The molecule has 1 saturated heterocycles. The van der Waals surface area contributed by atoms with Gasteiger partial charge in [0, 0.05) is 45.5 Å². The smallest absolute Gasteiger partial charge is 0.193 e. The molecule has 1 aliphatic heterocycles. The lowest BCUT2D eigenvalue weighted by Crippen LogP contribution is -2.57.